The molecule has 0 aliphatic carbocycles. The number of nitrogens with zero attached hydrogens (tertiary/aromatic N) is 3. The van der Waals surface area contributed by atoms with Crippen LogP contribution in [0.25, 0.3) is 11.4 Å². The third kappa shape index (κ3) is 3.41. The highest BCUT2D eigenvalue weighted by Gasteiger charge is 2.35. The highest BCUT2D eigenvalue weighted by Crippen LogP contribution is 2.29. The van der Waals surface area contributed by atoms with Crippen LogP contribution in [0.2, 0.25) is 5.02 Å². The second kappa shape index (κ2) is 6.85. The number of carbonyl (C=O) groups is 2. The molecule has 2 heterocycles. The van der Waals surface area contributed by atoms with Gasteiger partial charge in [0.2, 0.25) is 11.9 Å². The van der Waals surface area contributed by atoms with Gasteiger partial charge in [-0.3, -0.25) is 14.9 Å². The molecular weight excluding hydrogens is 366 g/mol. The van der Waals surface area contributed by atoms with Crippen molar-refractivity contribution in [3.05, 3.63) is 59.1 Å². The van der Waals surface area contributed by atoms with Crippen LogP contribution in [0.15, 0.2) is 48.5 Å². The summed E-state index contributed by atoms with van der Waals surface area (Å²) in [5, 5.41) is 10.5. The topological polar surface area (TPSA) is 88.9 Å². The SMILES string of the molecule is Cc1ccccc1NC(=O)CC1C(=O)Nc2nc(-c3ccc(Cl)cc3)nn21. The van der Waals surface area contributed by atoms with E-state index in [1.54, 1.807) is 24.3 Å². The third-order valence-electron chi connectivity index (χ3n) is 4.36. The number of hydrogen-bond acceptors (Lipinski definition) is 4. The van der Waals surface area contributed by atoms with Crippen molar-refractivity contribution < 1.29 is 9.59 Å². The number of benzene rings is 2. The summed E-state index contributed by atoms with van der Waals surface area (Å²) < 4.78 is 1.46. The second-order valence-corrected chi connectivity index (χ2v) is 6.72. The minimum atomic E-state index is -0.738. The maximum Gasteiger partial charge on any atom is 0.252 e. The number of hydrogen-bond donors (Lipinski definition) is 2. The monoisotopic (exact) mass is 381 g/mol. The Morgan fingerprint density at radius 1 is 1.22 bits per heavy atom. The Balaban J connectivity index is 1.53. The number of aromatic nitrogens is 3. The van der Waals surface area contributed by atoms with Crippen LogP contribution >= 0.6 is 11.6 Å². The van der Waals surface area contributed by atoms with Gasteiger partial charge in [0, 0.05) is 16.3 Å². The molecule has 0 radical (unpaired) electrons. The first-order valence-electron chi connectivity index (χ1n) is 8.40. The highest BCUT2D eigenvalue weighted by molar-refractivity contribution is 6.30. The summed E-state index contributed by atoms with van der Waals surface area (Å²) in [6.07, 6.45) is -0.0312. The van der Waals surface area contributed by atoms with Crippen LogP contribution in [-0.4, -0.2) is 26.6 Å². The van der Waals surface area contributed by atoms with E-state index in [0.29, 0.717) is 16.8 Å². The van der Waals surface area contributed by atoms with Crippen LogP contribution in [0, 0.1) is 6.92 Å². The van der Waals surface area contributed by atoms with Gasteiger partial charge in [-0.1, -0.05) is 29.8 Å². The van der Waals surface area contributed by atoms with E-state index in [1.165, 1.54) is 4.68 Å². The number of anilines is 2. The van der Waals surface area contributed by atoms with Crippen LogP contribution in [0.1, 0.15) is 18.0 Å². The van der Waals surface area contributed by atoms with E-state index in [1.807, 2.05) is 31.2 Å². The average Bonchev–Trinajstić information content (AvgIpc) is 3.17. The van der Waals surface area contributed by atoms with Gasteiger partial charge in [0.25, 0.3) is 5.91 Å². The molecule has 2 aromatic carbocycles. The molecule has 8 heteroatoms. The van der Waals surface area contributed by atoms with Crippen LogP contribution in [0.5, 0.6) is 0 Å². The number of para-hydroxylation sites is 1. The zero-order chi connectivity index (χ0) is 19.0. The van der Waals surface area contributed by atoms with Crippen LogP contribution < -0.4 is 10.6 Å². The van der Waals surface area contributed by atoms with E-state index in [0.717, 1.165) is 16.8 Å². The number of amides is 2. The van der Waals surface area contributed by atoms with E-state index in [9.17, 15) is 9.59 Å². The minimum absolute atomic E-state index is 0.0312. The third-order valence-corrected chi connectivity index (χ3v) is 4.62. The lowest BCUT2D eigenvalue weighted by molar-refractivity contribution is -0.123. The molecule has 4 rings (SSSR count). The largest absolute Gasteiger partial charge is 0.326 e. The summed E-state index contributed by atoms with van der Waals surface area (Å²) in [6, 6.07) is 13.8. The molecule has 1 unspecified atom stereocenters. The molecule has 1 aromatic heterocycles. The molecule has 0 fully saturated rings. The summed E-state index contributed by atoms with van der Waals surface area (Å²) in [5.74, 6) is 0.234. The lowest BCUT2D eigenvalue weighted by atomic mass is 10.1. The zero-order valence-electron chi connectivity index (χ0n) is 14.4. The molecule has 27 heavy (non-hydrogen) atoms. The highest BCUT2D eigenvalue weighted by atomic mass is 35.5. The number of fused-ring (bicyclic) bond motifs is 1. The fraction of sp³-hybridized carbons (Fsp3) is 0.158. The van der Waals surface area contributed by atoms with E-state index in [4.69, 9.17) is 11.6 Å². The summed E-state index contributed by atoms with van der Waals surface area (Å²) in [4.78, 5) is 29.0. The van der Waals surface area contributed by atoms with Gasteiger partial charge in [0.1, 0.15) is 6.04 Å². The molecule has 3 aromatic rings. The summed E-state index contributed by atoms with van der Waals surface area (Å²) in [7, 11) is 0. The summed E-state index contributed by atoms with van der Waals surface area (Å²) in [5.41, 5.74) is 2.45. The number of nitrogens with one attached hydrogen (secondary N) is 2. The number of halogens is 1. The van der Waals surface area contributed by atoms with Gasteiger partial charge in [-0.2, -0.15) is 4.98 Å². The van der Waals surface area contributed by atoms with Gasteiger partial charge >= 0.3 is 0 Å². The fourth-order valence-corrected chi connectivity index (χ4v) is 3.05. The summed E-state index contributed by atoms with van der Waals surface area (Å²) >= 11 is 5.90. The van der Waals surface area contributed by atoms with E-state index >= 15 is 0 Å². The molecule has 0 saturated carbocycles. The Bertz CT molecular complexity index is 1030. The first-order chi connectivity index (χ1) is 13.0. The number of rotatable bonds is 4. The molecule has 7 nitrogen and oxygen atoms in total. The first kappa shape index (κ1) is 17.2. The van der Waals surface area contributed by atoms with Gasteiger partial charge in [0.05, 0.1) is 6.42 Å². The van der Waals surface area contributed by atoms with Gasteiger partial charge < -0.3 is 5.32 Å². The molecule has 1 aliphatic heterocycles. The van der Waals surface area contributed by atoms with E-state index in [2.05, 4.69) is 20.7 Å². The molecule has 136 valence electrons. The molecule has 1 atom stereocenters. The van der Waals surface area contributed by atoms with E-state index in [-0.39, 0.29) is 18.2 Å². The first-order valence-corrected chi connectivity index (χ1v) is 8.78. The van der Waals surface area contributed by atoms with E-state index < -0.39 is 6.04 Å². The molecule has 0 bridgehead atoms. The Hall–Kier alpha value is -3.19. The molecule has 0 spiro atoms. The molecule has 0 saturated heterocycles. The van der Waals surface area contributed by atoms with Gasteiger partial charge in [-0.15, -0.1) is 5.10 Å². The Morgan fingerprint density at radius 2 is 1.96 bits per heavy atom. The number of carbonyl (C=O) groups excluding carboxylic acids is 2. The van der Waals surface area contributed by atoms with Crippen molar-refractivity contribution >= 4 is 35.1 Å². The molecule has 2 N–H and O–H groups in total. The van der Waals surface area contributed by atoms with Gasteiger partial charge in [-0.25, -0.2) is 4.68 Å². The van der Waals surface area contributed by atoms with Crippen molar-refractivity contribution in [2.24, 2.45) is 0 Å². The van der Waals surface area contributed by atoms with Crippen molar-refractivity contribution in [1.82, 2.24) is 14.8 Å². The van der Waals surface area contributed by atoms with Crippen molar-refractivity contribution in [2.45, 2.75) is 19.4 Å². The maximum atomic E-state index is 12.4. The average molecular weight is 382 g/mol. The summed E-state index contributed by atoms with van der Waals surface area (Å²) in [6.45, 7) is 1.91. The predicted molar refractivity (Wildman–Crippen MR) is 103 cm³/mol. The van der Waals surface area contributed by atoms with Gasteiger partial charge in [0.15, 0.2) is 5.82 Å². The quantitative estimate of drug-likeness (QED) is 0.724. The van der Waals surface area contributed by atoms with Crippen molar-refractivity contribution in [1.29, 1.82) is 0 Å². The lowest BCUT2D eigenvalue weighted by Crippen LogP contribution is -2.24. The van der Waals surface area contributed by atoms with Crippen LogP contribution in [0.3, 0.4) is 0 Å². The van der Waals surface area contributed by atoms with Crippen molar-refractivity contribution in [2.75, 3.05) is 10.6 Å². The van der Waals surface area contributed by atoms with Crippen molar-refractivity contribution in [3.8, 4) is 11.4 Å². The zero-order valence-corrected chi connectivity index (χ0v) is 15.2. The second-order valence-electron chi connectivity index (χ2n) is 6.28. The van der Waals surface area contributed by atoms with Crippen LogP contribution in [-0.2, 0) is 9.59 Å². The predicted octanol–water partition coefficient (Wildman–Crippen LogP) is 3.43. The normalized spacial score (nSPS) is 15.3. The Labute approximate surface area is 160 Å². The van der Waals surface area contributed by atoms with Crippen LogP contribution in [0.4, 0.5) is 11.6 Å². The molecular formula is C19H16ClN5O2. The maximum absolute atomic E-state index is 12.4. The molecule has 2 amide bonds. The van der Waals surface area contributed by atoms with Gasteiger partial charge in [-0.05, 0) is 42.8 Å². The van der Waals surface area contributed by atoms with Crippen molar-refractivity contribution in [3.63, 3.8) is 0 Å². The number of aryl methyl sites for hydroxylation is 1. The lowest BCUT2D eigenvalue weighted by Gasteiger charge is -2.11. The Morgan fingerprint density at radius 3 is 2.70 bits per heavy atom. The fourth-order valence-electron chi connectivity index (χ4n) is 2.92. The smallest absolute Gasteiger partial charge is 0.252 e. The standard InChI is InChI=1S/C19H16ClN5O2/c1-11-4-2-3-5-14(11)21-16(26)10-15-18(27)23-19-22-17(24-25(15)19)12-6-8-13(20)9-7-12/h2-9,15H,10H2,1H3,(H,21,26)(H,22,23,24,27). The Kier molecular flexibility index (Phi) is 4.37. The minimum Gasteiger partial charge on any atom is -0.326 e. The molecule has 1 aliphatic rings.